The lowest BCUT2D eigenvalue weighted by atomic mass is 9.91. The largest absolute Gasteiger partial charge is 0.372 e. The first-order chi connectivity index (χ1) is 15.1. The van der Waals surface area contributed by atoms with Gasteiger partial charge >= 0.3 is 0 Å². The second-order valence-corrected chi connectivity index (χ2v) is 8.87. The van der Waals surface area contributed by atoms with Crippen LogP contribution in [-0.4, -0.2) is 59.9 Å². The first kappa shape index (κ1) is 21.7. The van der Waals surface area contributed by atoms with Gasteiger partial charge in [0.15, 0.2) is 0 Å². The van der Waals surface area contributed by atoms with Gasteiger partial charge in [-0.3, -0.25) is 14.9 Å². The Kier molecular flexibility index (Phi) is 7.12. The number of aromatic nitrogens is 3. The number of pyridine rings is 1. The molecule has 1 N–H and O–H groups in total. The van der Waals surface area contributed by atoms with Gasteiger partial charge in [-0.15, -0.1) is 0 Å². The third-order valence-corrected chi connectivity index (χ3v) is 6.28. The van der Waals surface area contributed by atoms with Crippen molar-refractivity contribution < 1.29 is 0 Å². The second kappa shape index (κ2) is 10.2. The van der Waals surface area contributed by atoms with Gasteiger partial charge in [-0.25, -0.2) is 9.97 Å². The number of fused-ring (bicyclic) bond motifs is 1. The number of hydrogen-bond donors (Lipinski definition) is 1. The van der Waals surface area contributed by atoms with Crippen LogP contribution < -0.4 is 10.2 Å². The summed E-state index contributed by atoms with van der Waals surface area (Å²) in [5.41, 5.74) is 5.04. The van der Waals surface area contributed by atoms with Gasteiger partial charge in [0.2, 0.25) is 5.95 Å². The lowest BCUT2D eigenvalue weighted by Crippen LogP contribution is -2.29. The molecule has 0 amide bonds. The summed E-state index contributed by atoms with van der Waals surface area (Å²) in [4.78, 5) is 23.2. The Morgan fingerprint density at radius 3 is 2.81 bits per heavy atom. The standard InChI is InChI=1S/C24H35N7/c1-30(2)24-28-16-19(20(29-24)10-4-5-12-22-25-14-15-26-22)17-31(3)21-11-6-8-18-9-7-13-27-23(18)21/h7,9,13,16,21H,4-6,8,10-12,14-15,17H2,1-3H3,(H,25,26). The molecule has 31 heavy (non-hydrogen) atoms. The zero-order chi connectivity index (χ0) is 21.6. The highest BCUT2D eigenvalue weighted by atomic mass is 15.2. The second-order valence-electron chi connectivity index (χ2n) is 8.87. The highest BCUT2D eigenvalue weighted by Crippen LogP contribution is 2.33. The van der Waals surface area contributed by atoms with E-state index in [2.05, 4.69) is 39.4 Å². The van der Waals surface area contributed by atoms with Crippen LogP contribution in [-0.2, 0) is 19.4 Å². The van der Waals surface area contributed by atoms with Crippen LogP contribution in [0.2, 0.25) is 0 Å². The van der Waals surface area contributed by atoms with Crippen LogP contribution >= 0.6 is 0 Å². The summed E-state index contributed by atoms with van der Waals surface area (Å²) in [6, 6.07) is 4.64. The molecule has 2 aromatic rings. The highest BCUT2D eigenvalue weighted by molar-refractivity contribution is 5.83. The predicted octanol–water partition coefficient (Wildman–Crippen LogP) is 3.16. The number of rotatable bonds is 9. The fraction of sp³-hybridized carbons (Fsp3) is 0.583. The fourth-order valence-electron chi connectivity index (χ4n) is 4.59. The van der Waals surface area contributed by atoms with Crippen molar-refractivity contribution in [2.24, 2.45) is 4.99 Å². The lowest BCUT2D eigenvalue weighted by molar-refractivity contribution is 0.207. The Bertz CT molecular complexity index is 909. The van der Waals surface area contributed by atoms with Crippen molar-refractivity contribution in [1.82, 2.24) is 25.2 Å². The third kappa shape index (κ3) is 5.39. The minimum absolute atomic E-state index is 0.359. The van der Waals surface area contributed by atoms with Crippen molar-refractivity contribution in [2.45, 2.75) is 57.5 Å². The Labute approximate surface area is 186 Å². The molecule has 7 nitrogen and oxygen atoms in total. The molecule has 2 aromatic heterocycles. The fourth-order valence-corrected chi connectivity index (χ4v) is 4.59. The number of nitrogens with one attached hydrogen (secondary N) is 1. The zero-order valence-corrected chi connectivity index (χ0v) is 19.1. The van der Waals surface area contributed by atoms with E-state index < -0.39 is 0 Å². The van der Waals surface area contributed by atoms with E-state index in [4.69, 9.17) is 9.97 Å². The molecule has 0 saturated carbocycles. The number of anilines is 1. The van der Waals surface area contributed by atoms with Gasteiger partial charge in [-0.2, -0.15) is 0 Å². The molecule has 166 valence electrons. The molecule has 7 heteroatoms. The number of aryl methyl sites for hydroxylation is 2. The van der Waals surface area contributed by atoms with Crippen molar-refractivity contribution in [2.75, 3.05) is 39.1 Å². The van der Waals surface area contributed by atoms with Crippen LogP contribution in [0.15, 0.2) is 29.5 Å². The number of unbranched alkanes of at least 4 members (excludes halogenated alkanes) is 1. The van der Waals surface area contributed by atoms with E-state index >= 15 is 0 Å². The molecule has 4 rings (SSSR count). The molecule has 2 aliphatic rings. The van der Waals surface area contributed by atoms with Crippen LogP contribution in [0, 0.1) is 0 Å². The number of hydrogen-bond acceptors (Lipinski definition) is 7. The minimum atomic E-state index is 0.359. The molecule has 0 radical (unpaired) electrons. The minimum Gasteiger partial charge on any atom is -0.372 e. The molecule has 0 saturated heterocycles. The van der Waals surface area contributed by atoms with E-state index in [0.717, 1.165) is 64.1 Å². The van der Waals surface area contributed by atoms with Crippen molar-refractivity contribution in [3.8, 4) is 0 Å². The molecule has 1 aliphatic heterocycles. The van der Waals surface area contributed by atoms with Crippen LogP contribution in [0.1, 0.15) is 60.7 Å². The predicted molar refractivity (Wildman–Crippen MR) is 126 cm³/mol. The van der Waals surface area contributed by atoms with E-state index in [1.54, 1.807) is 0 Å². The van der Waals surface area contributed by atoms with Gasteiger partial charge < -0.3 is 10.2 Å². The Hall–Kier alpha value is -2.54. The summed E-state index contributed by atoms with van der Waals surface area (Å²) in [7, 11) is 6.21. The molecule has 0 aromatic carbocycles. The summed E-state index contributed by atoms with van der Waals surface area (Å²) in [5, 5.41) is 3.37. The van der Waals surface area contributed by atoms with Gasteiger partial charge in [-0.1, -0.05) is 6.07 Å². The number of nitrogens with zero attached hydrogens (tertiary/aromatic N) is 6. The first-order valence-electron chi connectivity index (χ1n) is 11.5. The maximum absolute atomic E-state index is 4.91. The number of amidine groups is 1. The maximum Gasteiger partial charge on any atom is 0.225 e. The summed E-state index contributed by atoms with van der Waals surface area (Å²) >= 11 is 0. The Morgan fingerprint density at radius 1 is 1.13 bits per heavy atom. The molecule has 1 unspecified atom stereocenters. The normalized spacial score (nSPS) is 17.9. The quantitative estimate of drug-likeness (QED) is 0.627. The average Bonchev–Trinajstić information content (AvgIpc) is 3.30. The van der Waals surface area contributed by atoms with Crippen LogP contribution in [0.25, 0.3) is 0 Å². The third-order valence-electron chi connectivity index (χ3n) is 6.28. The van der Waals surface area contributed by atoms with E-state index in [0.29, 0.717) is 6.04 Å². The van der Waals surface area contributed by atoms with E-state index in [1.807, 2.05) is 31.4 Å². The van der Waals surface area contributed by atoms with Crippen LogP contribution in [0.5, 0.6) is 0 Å². The molecule has 3 heterocycles. The summed E-state index contributed by atoms with van der Waals surface area (Å²) in [5.74, 6) is 1.95. The smallest absolute Gasteiger partial charge is 0.225 e. The van der Waals surface area contributed by atoms with Gasteiger partial charge in [-0.05, 0) is 57.2 Å². The Balaban J connectivity index is 1.45. The Morgan fingerprint density at radius 2 is 2.00 bits per heavy atom. The van der Waals surface area contributed by atoms with E-state index in [-0.39, 0.29) is 0 Å². The summed E-state index contributed by atoms with van der Waals surface area (Å²) < 4.78 is 0. The van der Waals surface area contributed by atoms with Crippen molar-refractivity contribution in [1.29, 1.82) is 0 Å². The summed E-state index contributed by atoms with van der Waals surface area (Å²) in [6.07, 6.45) is 11.7. The molecular formula is C24H35N7. The van der Waals surface area contributed by atoms with Crippen LogP contribution in [0.3, 0.4) is 0 Å². The molecule has 0 fully saturated rings. The molecule has 1 atom stereocenters. The van der Waals surface area contributed by atoms with Crippen LogP contribution in [0.4, 0.5) is 5.95 Å². The maximum atomic E-state index is 4.91. The molecular weight excluding hydrogens is 386 g/mol. The van der Waals surface area contributed by atoms with Crippen molar-refractivity contribution in [3.63, 3.8) is 0 Å². The number of aliphatic imine (C=N–C) groups is 1. The van der Waals surface area contributed by atoms with Gasteiger partial charge in [0.25, 0.3) is 0 Å². The van der Waals surface area contributed by atoms with E-state index in [1.165, 1.54) is 34.8 Å². The van der Waals surface area contributed by atoms with Crippen molar-refractivity contribution in [3.05, 3.63) is 47.0 Å². The van der Waals surface area contributed by atoms with E-state index in [9.17, 15) is 0 Å². The highest BCUT2D eigenvalue weighted by Gasteiger charge is 2.25. The zero-order valence-electron chi connectivity index (χ0n) is 19.1. The van der Waals surface area contributed by atoms with Gasteiger partial charge in [0.05, 0.1) is 29.8 Å². The van der Waals surface area contributed by atoms with Gasteiger partial charge in [0.1, 0.15) is 0 Å². The molecule has 0 bridgehead atoms. The molecule has 0 spiro atoms. The molecule has 1 aliphatic carbocycles. The first-order valence-corrected chi connectivity index (χ1v) is 11.5. The lowest BCUT2D eigenvalue weighted by Gasteiger charge is -2.32. The monoisotopic (exact) mass is 421 g/mol. The van der Waals surface area contributed by atoms with Gasteiger partial charge in [0, 0.05) is 51.6 Å². The summed E-state index contributed by atoms with van der Waals surface area (Å²) in [6.45, 7) is 2.75. The SMILES string of the molecule is CN(C)c1ncc(CN(C)C2CCCc3cccnc32)c(CCCCC2=NCCN2)n1. The average molecular weight is 422 g/mol. The van der Waals surface area contributed by atoms with Crippen molar-refractivity contribution >= 4 is 11.8 Å². The topological polar surface area (TPSA) is 69.5 Å².